The molecule has 0 spiro atoms. The lowest BCUT2D eigenvalue weighted by molar-refractivity contribution is 0.209. The predicted molar refractivity (Wildman–Crippen MR) is 81.3 cm³/mol. The predicted octanol–water partition coefficient (Wildman–Crippen LogP) is 4.49. The molecule has 110 valence electrons. The van der Waals surface area contributed by atoms with Crippen molar-refractivity contribution in [1.82, 2.24) is 5.32 Å². The molecule has 1 saturated heterocycles. The lowest BCUT2D eigenvalue weighted by Gasteiger charge is -2.38. The van der Waals surface area contributed by atoms with E-state index in [2.05, 4.69) is 5.32 Å². The van der Waals surface area contributed by atoms with Crippen LogP contribution in [0, 0.1) is 17.7 Å². The Morgan fingerprint density at radius 1 is 0.850 bits per heavy atom. The molecule has 1 atom stereocenters. The van der Waals surface area contributed by atoms with Crippen LogP contribution in [0.25, 0.3) is 0 Å². The molecule has 0 amide bonds. The van der Waals surface area contributed by atoms with Gasteiger partial charge in [0.15, 0.2) is 0 Å². The summed E-state index contributed by atoms with van der Waals surface area (Å²) in [6, 6.07) is 7.37. The van der Waals surface area contributed by atoms with Gasteiger partial charge in [-0.1, -0.05) is 31.4 Å². The summed E-state index contributed by atoms with van der Waals surface area (Å²) in [5.41, 5.74) is 1.38. The SMILES string of the molecule is Fc1ccc(C(C2CCCCC2)C2CCNCC2)cc1. The average molecular weight is 275 g/mol. The van der Waals surface area contributed by atoms with Crippen LogP contribution >= 0.6 is 0 Å². The highest BCUT2D eigenvalue weighted by Gasteiger charge is 2.32. The van der Waals surface area contributed by atoms with E-state index >= 15 is 0 Å². The Morgan fingerprint density at radius 2 is 1.45 bits per heavy atom. The highest BCUT2D eigenvalue weighted by Crippen LogP contribution is 2.43. The van der Waals surface area contributed by atoms with Gasteiger partial charge in [0.1, 0.15) is 5.82 Å². The first-order valence-corrected chi connectivity index (χ1v) is 8.31. The number of piperidine rings is 1. The fourth-order valence-electron chi connectivity index (χ4n) is 4.31. The number of hydrogen-bond donors (Lipinski definition) is 1. The van der Waals surface area contributed by atoms with E-state index in [9.17, 15) is 4.39 Å². The minimum Gasteiger partial charge on any atom is -0.317 e. The molecule has 1 unspecified atom stereocenters. The number of rotatable bonds is 3. The van der Waals surface area contributed by atoms with Crippen molar-refractivity contribution in [3.05, 3.63) is 35.6 Å². The zero-order valence-corrected chi connectivity index (χ0v) is 12.3. The molecular formula is C18H26FN. The van der Waals surface area contributed by atoms with Gasteiger partial charge in [-0.05, 0) is 74.2 Å². The van der Waals surface area contributed by atoms with Gasteiger partial charge in [-0.2, -0.15) is 0 Å². The van der Waals surface area contributed by atoms with Gasteiger partial charge in [0.05, 0.1) is 0 Å². The fourth-order valence-corrected chi connectivity index (χ4v) is 4.31. The standard InChI is InChI=1S/C18H26FN/c19-17-8-6-15(7-9-17)18(14-4-2-1-3-5-14)16-10-12-20-13-11-16/h6-9,14,16,18,20H,1-5,10-13H2. The van der Waals surface area contributed by atoms with Crippen molar-refractivity contribution < 1.29 is 4.39 Å². The molecule has 3 rings (SSSR count). The van der Waals surface area contributed by atoms with Crippen LogP contribution < -0.4 is 5.32 Å². The van der Waals surface area contributed by atoms with Crippen molar-refractivity contribution in [3.63, 3.8) is 0 Å². The maximum atomic E-state index is 13.2. The van der Waals surface area contributed by atoms with Crippen molar-refractivity contribution in [2.45, 2.75) is 50.9 Å². The Balaban J connectivity index is 1.83. The second-order valence-electron chi connectivity index (χ2n) is 6.56. The molecule has 1 aromatic carbocycles. The van der Waals surface area contributed by atoms with Gasteiger partial charge in [0.25, 0.3) is 0 Å². The van der Waals surface area contributed by atoms with Crippen molar-refractivity contribution in [2.75, 3.05) is 13.1 Å². The second-order valence-corrected chi connectivity index (χ2v) is 6.56. The average Bonchev–Trinajstić information content (AvgIpc) is 2.52. The van der Waals surface area contributed by atoms with E-state index < -0.39 is 0 Å². The van der Waals surface area contributed by atoms with Crippen LogP contribution in [0.3, 0.4) is 0 Å². The molecule has 2 aliphatic rings. The quantitative estimate of drug-likeness (QED) is 0.857. The number of hydrogen-bond acceptors (Lipinski definition) is 1. The van der Waals surface area contributed by atoms with Crippen LogP contribution in [0.1, 0.15) is 56.4 Å². The summed E-state index contributed by atoms with van der Waals surface area (Å²) in [6.07, 6.45) is 9.45. The molecule has 2 fully saturated rings. The molecule has 1 saturated carbocycles. The van der Waals surface area contributed by atoms with E-state index in [0.29, 0.717) is 5.92 Å². The van der Waals surface area contributed by atoms with Gasteiger partial charge < -0.3 is 5.32 Å². The molecule has 1 aliphatic carbocycles. The summed E-state index contributed by atoms with van der Waals surface area (Å²) in [6.45, 7) is 2.30. The maximum absolute atomic E-state index is 13.2. The smallest absolute Gasteiger partial charge is 0.123 e. The third kappa shape index (κ3) is 3.22. The number of nitrogens with one attached hydrogen (secondary N) is 1. The summed E-state index contributed by atoms with van der Waals surface area (Å²) in [4.78, 5) is 0. The molecule has 20 heavy (non-hydrogen) atoms. The van der Waals surface area contributed by atoms with Gasteiger partial charge in [-0.15, -0.1) is 0 Å². The molecule has 1 aliphatic heterocycles. The Morgan fingerprint density at radius 3 is 2.10 bits per heavy atom. The summed E-state index contributed by atoms with van der Waals surface area (Å²) < 4.78 is 13.2. The van der Waals surface area contributed by atoms with Crippen LogP contribution in [0.4, 0.5) is 4.39 Å². The number of halogens is 1. The summed E-state index contributed by atoms with van der Waals surface area (Å²) in [7, 11) is 0. The summed E-state index contributed by atoms with van der Waals surface area (Å²) in [5, 5.41) is 3.47. The van der Waals surface area contributed by atoms with Gasteiger partial charge in [-0.25, -0.2) is 4.39 Å². The first-order valence-electron chi connectivity index (χ1n) is 8.31. The molecule has 1 N–H and O–H groups in total. The third-order valence-corrected chi connectivity index (χ3v) is 5.30. The van der Waals surface area contributed by atoms with Gasteiger partial charge >= 0.3 is 0 Å². The van der Waals surface area contributed by atoms with Gasteiger partial charge in [0, 0.05) is 0 Å². The van der Waals surface area contributed by atoms with Crippen molar-refractivity contribution in [3.8, 4) is 0 Å². The monoisotopic (exact) mass is 275 g/mol. The number of benzene rings is 1. The summed E-state index contributed by atoms with van der Waals surface area (Å²) >= 11 is 0. The minimum absolute atomic E-state index is 0.110. The van der Waals surface area contributed by atoms with E-state index in [-0.39, 0.29) is 5.82 Å². The third-order valence-electron chi connectivity index (χ3n) is 5.30. The Kier molecular flexibility index (Phi) is 4.72. The molecule has 0 radical (unpaired) electrons. The first-order chi connectivity index (χ1) is 9.84. The van der Waals surface area contributed by atoms with Crippen LogP contribution in [-0.4, -0.2) is 13.1 Å². The van der Waals surface area contributed by atoms with Crippen molar-refractivity contribution in [2.24, 2.45) is 11.8 Å². The maximum Gasteiger partial charge on any atom is 0.123 e. The van der Waals surface area contributed by atoms with Crippen LogP contribution in [0.5, 0.6) is 0 Å². The highest BCUT2D eigenvalue weighted by molar-refractivity contribution is 5.22. The molecule has 1 aromatic rings. The van der Waals surface area contributed by atoms with E-state index in [1.165, 1.54) is 50.5 Å². The molecule has 2 heteroatoms. The Hall–Kier alpha value is -0.890. The minimum atomic E-state index is -0.110. The molecule has 0 bridgehead atoms. The topological polar surface area (TPSA) is 12.0 Å². The summed E-state index contributed by atoms with van der Waals surface area (Å²) in [5.74, 6) is 2.14. The lowest BCUT2D eigenvalue weighted by atomic mass is 9.68. The van der Waals surface area contributed by atoms with Gasteiger partial charge in [0.2, 0.25) is 0 Å². The molecule has 1 nitrogen and oxygen atoms in total. The van der Waals surface area contributed by atoms with Crippen LogP contribution in [0.2, 0.25) is 0 Å². The molecule has 0 aromatic heterocycles. The normalized spacial score (nSPS) is 23.6. The van der Waals surface area contributed by atoms with E-state index in [1.807, 2.05) is 12.1 Å². The van der Waals surface area contributed by atoms with Gasteiger partial charge in [-0.3, -0.25) is 0 Å². The largest absolute Gasteiger partial charge is 0.317 e. The zero-order chi connectivity index (χ0) is 13.8. The van der Waals surface area contributed by atoms with Crippen LogP contribution in [-0.2, 0) is 0 Å². The highest BCUT2D eigenvalue weighted by atomic mass is 19.1. The molecular weight excluding hydrogens is 249 g/mol. The van der Waals surface area contributed by atoms with Crippen molar-refractivity contribution in [1.29, 1.82) is 0 Å². The Labute approximate surface area is 122 Å². The fraction of sp³-hybridized carbons (Fsp3) is 0.667. The zero-order valence-electron chi connectivity index (χ0n) is 12.3. The van der Waals surface area contributed by atoms with Crippen molar-refractivity contribution >= 4 is 0 Å². The first kappa shape index (κ1) is 14.1. The van der Waals surface area contributed by atoms with E-state index in [4.69, 9.17) is 0 Å². The van der Waals surface area contributed by atoms with E-state index in [1.54, 1.807) is 12.1 Å². The lowest BCUT2D eigenvalue weighted by Crippen LogP contribution is -2.34. The molecule has 1 heterocycles. The Bertz CT molecular complexity index is 384. The van der Waals surface area contributed by atoms with E-state index in [0.717, 1.165) is 24.9 Å². The second kappa shape index (κ2) is 6.71. The van der Waals surface area contributed by atoms with Crippen LogP contribution in [0.15, 0.2) is 24.3 Å².